The first-order valence-electron chi connectivity index (χ1n) is 6.97. The SMILES string of the molecule is CC.CN.O=c1cnc2nccc(Oc3ccccc3)c2[nH]1. The highest BCUT2D eigenvalue weighted by Crippen LogP contribution is 2.25. The van der Waals surface area contributed by atoms with Gasteiger partial charge in [0.2, 0.25) is 0 Å². The molecule has 0 fully saturated rings. The van der Waals surface area contributed by atoms with Crippen LogP contribution in [0.5, 0.6) is 11.5 Å². The minimum Gasteiger partial charge on any atom is -0.455 e. The van der Waals surface area contributed by atoms with Gasteiger partial charge in [0.05, 0.1) is 6.20 Å². The molecule has 6 nitrogen and oxygen atoms in total. The summed E-state index contributed by atoms with van der Waals surface area (Å²) in [6, 6.07) is 11.0. The zero-order valence-corrected chi connectivity index (χ0v) is 12.9. The summed E-state index contributed by atoms with van der Waals surface area (Å²) in [7, 11) is 1.50. The van der Waals surface area contributed by atoms with Crippen molar-refractivity contribution in [3.05, 3.63) is 59.1 Å². The second-order valence-corrected chi connectivity index (χ2v) is 3.67. The normalized spacial score (nSPS) is 9.09. The Bertz CT molecular complexity index is 742. The number of nitrogens with one attached hydrogen (secondary N) is 1. The summed E-state index contributed by atoms with van der Waals surface area (Å²) in [5, 5.41) is 0. The van der Waals surface area contributed by atoms with Crippen LogP contribution >= 0.6 is 0 Å². The van der Waals surface area contributed by atoms with Gasteiger partial charge in [0.1, 0.15) is 11.3 Å². The molecule has 22 heavy (non-hydrogen) atoms. The molecule has 1 aromatic carbocycles. The highest BCUT2D eigenvalue weighted by atomic mass is 16.5. The first-order chi connectivity index (χ1) is 10.8. The average molecular weight is 300 g/mol. The maximum atomic E-state index is 11.3. The van der Waals surface area contributed by atoms with E-state index >= 15 is 0 Å². The van der Waals surface area contributed by atoms with E-state index in [1.54, 1.807) is 12.3 Å². The van der Waals surface area contributed by atoms with Gasteiger partial charge >= 0.3 is 0 Å². The fraction of sp³-hybridized carbons (Fsp3) is 0.188. The number of H-pyrrole nitrogens is 1. The highest BCUT2D eigenvalue weighted by molar-refractivity contribution is 5.76. The molecule has 2 aromatic heterocycles. The van der Waals surface area contributed by atoms with Gasteiger partial charge in [-0.3, -0.25) is 4.79 Å². The molecule has 0 unspecified atom stereocenters. The van der Waals surface area contributed by atoms with E-state index in [1.807, 2.05) is 44.2 Å². The number of fused-ring (bicyclic) bond motifs is 1. The van der Waals surface area contributed by atoms with E-state index in [1.165, 1.54) is 13.2 Å². The lowest BCUT2D eigenvalue weighted by atomic mass is 10.3. The molecule has 0 amide bonds. The van der Waals surface area contributed by atoms with Crippen molar-refractivity contribution in [2.75, 3.05) is 7.05 Å². The number of hydrogen-bond donors (Lipinski definition) is 2. The molecule has 0 saturated heterocycles. The van der Waals surface area contributed by atoms with Crippen molar-refractivity contribution >= 4 is 11.2 Å². The minimum absolute atomic E-state index is 0.284. The molecule has 2 heterocycles. The van der Waals surface area contributed by atoms with Crippen LogP contribution in [0.25, 0.3) is 11.2 Å². The van der Waals surface area contributed by atoms with E-state index in [-0.39, 0.29) is 5.56 Å². The third-order valence-electron chi connectivity index (χ3n) is 2.42. The van der Waals surface area contributed by atoms with Gasteiger partial charge in [-0.25, -0.2) is 9.97 Å². The van der Waals surface area contributed by atoms with Crippen LogP contribution < -0.4 is 16.0 Å². The van der Waals surface area contributed by atoms with E-state index in [0.717, 1.165) is 0 Å². The number of nitrogens with zero attached hydrogens (tertiary/aromatic N) is 2. The summed E-state index contributed by atoms with van der Waals surface area (Å²) in [4.78, 5) is 22.0. The van der Waals surface area contributed by atoms with Gasteiger partial charge in [-0.05, 0) is 19.2 Å². The largest absolute Gasteiger partial charge is 0.455 e. The predicted octanol–water partition coefficient (Wildman–Crippen LogP) is 2.71. The molecule has 0 bridgehead atoms. The lowest BCUT2D eigenvalue weighted by Crippen LogP contribution is -2.06. The second-order valence-electron chi connectivity index (χ2n) is 3.67. The molecule has 6 heteroatoms. The first kappa shape index (κ1) is 17.3. The summed E-state index contributed by atoms with van der Waals surface area (Å²) in [6.07, 6.45) is 2.79. The van der Waals surface area contributed by atoms with Crippen LogP contribution in [0, 0.1) is 0 Å². The van der Waals surface area contributed by atoms with Crippen LogP contribution in [0.1, 0.15) is 13.8 Å². The van der Waals surface area contributed by atoms with Gasteiger partial charge in [-0.2, -0.15) is 0 Å². The molecule has 3 N–H and O–H groups in total. The molecule has 0 aliphatic rings. The predicted molar refractivity (Wildman–Crippen MR) is 88.1 cm³/mol. The van der Waals surface area contributed by atoms with Crippen LogP contribution in [-0.2, 0) is 0 Å². The Morgan fingerprint density at radius 3 is 2.41 bits per heavy atom. The number of rotatable bonds is 2. The van der Waals surface area contributed by atoms with E-state index in [4.69, 9.17) is 4.74 Å². The molecule has 0 radical (unpaired) electrons. The van der Waals surface area contributed by atoms with Gasteiger partial charge in [0.25, 0.3) is 5.56 Å². The lowest BCUT2D eigenvalue weighted by Gasteiger charge is -2.07. The molecular formula is C16H20N4O2. The van der Waals surface area contributed by atoms with Crippen LogP contribution in [0.2, 0.25) is 0 Å². The molecule has 0 atom stereocenters. The van der Waals surface area contributed by atoms with Crippen molar-refractivity contribution in [1.29, 1.82) is 0 Å². The molecule has 0 spiro atoms. The summed E-state index contributed by atoms with van der Waals surface area (Å²) >= 11 is 0. The standard InChI is InChI=1S/C13H9N3O2.C2H6.CH5N/c17-11-8-15-13-12(16-11)10(6-7-14-13)18-9-4-2-1-3-5-9;2*1-2/h1-8H,(H,16,17);1-2H3;2H2,1H3. The van der Waals surface area contributed by atoms with Crippen LogP contribution in [0.3, 0.4) is 0 Å². The van der Waals surface area contributed by atoms with Crippen molar-refractivity contribution in [2.24, 2.45) is 5.73 Å². The number of pyridine rings is 1. The van der Waals surface area contributed by atoms with Crippen molar-refractivity contribution in [1.82, 2.24) is 15.0 Å². The lowest BCUT2D eigenvalue weighted by molar-refractivity contribution is 0.486. The smallest absolute Gasteiger partial charge is 0.267 e. The number of para-hydroxylation sites is 1. The van der Waals surface area contributed by atoms with E-state index in [0.29, 0.717) is 22.7 Å². The third kappa shape index (κ3) is 4.39. The Labute approximate surface area is 129 Å². The molecule has 116 valence electrons. The van der Waals surface area contributed by atoms with Gasteiger partial charge in [-0.1, -0.05) is 32.0 Å². The number of ether oxygens (including phenoxy) is 1. The number of aromatic amines is 1. The van der Waals surface area contributed by atoms with Crippen molar-refractivity contribution in [3.63, 3.8) is 0 Å². The Morgan fingerprint density at radius 2 is 1.73 bits per heavy atom. The number of hydrogen-bond acceptors (Lipinski definition) is 5. The average Bonchev–Trinajstić information content (AvgIpc) is 2.60. The Kier molecular flexibility index (Phi) is 7.28. The first-order valence-corrected chi connectivity index (χ1v) is 6.97. The van der Waals surface area contributed by atoms with Crippen molar-refractivity contribution in [2.45, 2.75) is 13.8 Å². The fourth-order valence-corrected chi connectivity index (χ4v) is 1.62. The third-order valence-corrected chi connectivity index (χ3v) is 2.42. The minimum atomic E-state index is -0.284. The Morgan fingerprint density at radius 1 is 1.05 bits per heavy atom. The summed E-state index contributed by atoms with van der Waals surface area (Å²) < 4.78 is 5.70. The van der Waals surface area contributed by atoms with Crippen LogP contribution in [0.4, 0.5) is 0 Å². The number of nitrogens with two attached hydrogens (primary N) is 1. The van der Waals surface area contributed by atoms with Gasteiger partial charge < -0.3 is 15.5 Å². The van der Waals surface area contributed by atoms with Gasteiger partial charge in [0, 0.05) is 12.3 Å². The van der Waals surface area contributed by atoms with Crippen LogP contribution in [-0.4, -0.2) is 22.0 Å². The molecule has 0 saturated carbocycles. The highest BCUT2D eigenvalue weighted by Gasteiger charge is 2.05. The monoisotopic (exact) mass is 300 g/mol. The number of aromatic nitrogens is 3. The molecule has 0 aliphatic heterocycles. The fourth-order valence-electron chi connectivity index (χ4n) is 1.62. The maximum Gasteiger partial charge on any atom is 0.267 e. The quantitative estimate of drug-likeness (QED) is 0.759. The van der Waals surface area contributed by atoms with E-state index in [9.17, 15) is 4.79 Å². The number of benzene rings is 1. The second kappa shape index (κ2) is 9.25. The van der Waals surface area contributed by atoms with Crippen molar-refractivity contribution < 1.29 is 4.74 Å². The maximum absolute atomic E-state index is 11.3. The Balaban J connectivity index is 0.000000561. The van der Waals surface area contributed by atoms with Gasteiger partial charge in [0.15, 0.2) is 11.4 Å². The molecule has 3 rings (SSSR count). The zero-order chi connectivity index (χ0) is 16.4. The molecule has 3 aromatic rings. The summed E-state index contributed by atoms with van der Waals surface area (Å²) in [6.45, 7) is 4.00. The van der Waals surface area contributed by atoms with E-state index < -0.39 is 0 Å². The molecular weight excluding hydrogens is 280 g/mol. The topological polar surface area (TPSA) is 93.9 Å². The van der Waals surface area contributed by atoms with E-state index in [2.05, 4.69) is 20.7 Å². The van der Waals surface area contributed by atoms with Gasteiger partial charge in [-0.15, -0.1) is 0 Å². The summed E-state index contributed by atoms with van der Waals surface area (Å²) in [5.41, 5.74) is 5.16. The van der Waals surface area contributed by atoms with Crippen molar-refractivity contribution in [3.8, 4) is 11.5 Å². The Hall–Kier alpha value is -2.73. The zero-order valence-electron chi connectivity index (χ0n) is 12.9. The molecule has 0 aliphatic carbocycles. The van der Waals surface area contributed by atoms with Crippen LogP contribution in [0.15, 0.2) is 53.6 Å². The summed E-state index contributed by atoms with van der Waals surface area (Å²) in [5.74, 6) is 1.21.